The third kappa shape index (κ3) is 6.40. The monoisotopic (exact) mass is 533 g/mol. The Balaban J connectivity index is 1.55. The van der Waals surface area contributed by atoms with E-state index in [0.29, 0.717) is 23.8 Å². The highest BCUT2D eigenvalue weighted by Crippen LogP contribution is 2.25. The van der Waals surface area contributed by atoms with Crippen LogP contribution in [0.5, 0.6) is 5.75 Å². The lowest BCUT2D eigenvalue weighted by Crippen LogP contribution is -2.38. The maximum atomic E-state index is 13.6. The van der Waals surface area contributed by atoms with E-state index in [1.165, 1.54) is 18.4 Å². The number of amides is 2. The summed E-state index contributed by atoms with van der Waals surface area (Å²) in [6.45, 7) is 1.95. The molecule has 9 nitrogen and oxygen atoms in total. The molecule has 0 bridgehead atoms. The Morgan fingerprint density at radius 3 is 2.29 bits per heavy atom. The molecule has 2 N–H and O–H groups in total. The predicted molar refractivity (Wildman–Crippen MR) is 144 cm³/mol. The molecule has 0 aliphatic heterocycles. The average molecular weight is 534 g/mol. The van der Waals surface area contributed by atoms with Gasteiger partial charge in [0.05, 0.1) is 41.2 Å². The number of para-hydroxylation sites is 2. The quantitative estimate of drug-likeness (QED) is 0.294. The zero-order valence-corrected chi connectivity index (χ0v) is 21.5. The SMILES string of the molecule is CCOc1ccc(S(=O)(=O)N(CC(=O)Nc2ccccc2C(=O)NCc2ccco2)c2ccccc2)cc1. The Morgan fingerprint density at radius 1 is 0.895 bits per heavy atom. The van der Waals surface area contributed by atoms with E-state index in [1.807, 2.05) is 6.92 Å². The Hall–Kier alpha value is -4.57. The number of benzene rings is 3. The summed E-state index contributed by atoms with van der Waals surface area (Å²) in [5, 5.41) is 5.43. The zero-order chi connectivity index (χ0) is 27.0. The third-order valence-electron chi connectivity index (χ3n) is 5.50. The van der Waals surface area contributed by atoms with E-state index in [1.54, 1.807) is 78.9 Å². The van der Waals surface area contributed by atoms with Crippen LogP contribution in [0.4, 0.5) is 11.4 Å². The molecule has 2 amide bonds. The highest BCUT2D eigenvalue weighted by molar-refractivity contribution is 7.92. The smallest absolute Gasteiger partial charge is 0.264 e. The molecule has 0 spiro atoms. The van der Waals surface area contributed by atoms with Gasteiger partial charge in [0.2, 0.25) is 5.91 Å². The first-order chi connectivity index (χ1) is 18.4. The van der Waals surface area contributed by atoms with Crippen LogP contribution in [0.1, 0.15) is 23.0 Å². The molecule has 0 unspecified atom stereocenters. The van der Waals surface area contributed by atoms with Gasteiger partial charge in [-0.2, -0.15) is 0 Å². The van der Waals surface area contributed by atoms with Crippen LogP contribution < -0.4 is 19.7 Å². The second-order valence-electron chi connectivity index (χ2n) is 8.11. The Morgan fingerprint density at radius 2 is 1.61 bits per heavy atom. The number of ether oxygens (including phenoxy) is 1. The fourth-order valence-corrected chi connectivity index (χ4v) is 5.12. The van der Waals surface area contributed by atoms with Crippen molar-refractivity contribution in [1.82, 2.24) is 5.32 Å². The third-order valence-corrected chi connectivity index (χ3v) is 7.29. The van der Waals surface area contributed by atoms with Crippen molar-refractivity contribution in [2.24, 2.45) is 0 Å². The van der Waals surface area contributed by atoms with E-state index in [-0.39, 0.29) is 22.7 Å². The summed E-state index contributed by atoms with van der Waals surface area (Å²) in [5.41, 5.74) is 0.801. The average Bonchev–Trinajstić information content (AvgIpc) is 3.45. The van der Waals surface area contributed by atoms with Crippen molar-refractivity contribution in [3.8, 4) is 5.75 Å². The number of sulfonamides is 1. The number of rotatable bonds is 11. The molecule has 4 rings (SSSR count). The number of hydrogen-bond donors (Lipinski definition) is 2. The minimum absolute atomic E-state index is 0.00955. The van der Waals surface area contributed by atoms with E-state index >= 15 is 0 Å². The number of hydrogen-bond acceptors (Lipinski definition) is 6. The van der Waals surface area contributed by atoms with E-state index < -0.39 is 28.4 Å². The molecule has 1 heterocycles. The van der Waals surface area contributed by atoms with E-state index in [2.05, 4.69) is 10.6 Å². The molecular weight excluding hydrogens is 506 g/mol. The number of furan rings is 1. The number of carbonyl (C=O) groups excluding carboxylic acids is 2. The van der Waals surface area contributed by atoms with Gasteiger partial charge in [-0.3, -0.25) is 13.9 Å². The van der Waals surface area contributed by atoms with Crippen LogP contribution in [-0.4, -0.2) is 33.4 Å². The highest BCUT2D eigenvalue weighted by Gasteiger charge is 2.27. The molecule has 196 valence electrons. The summed E-state index contributed by atoms with van der Waals surface area (Å²) >= 11 is 0. The molecule has 3 aromatic carbocycles. The Labute approximate surface area is 221 Å². The van der Waals surface area contributed by atoms with E-state index in [4.69, 9.17) is 9.15 Å². The maximum Gasteiger partial charge on any atom is 0.264 e. The second kappa shape index (κ2) is 12.1. The molecule has 10 heteroatoms. The standard InChI is InChI=1S/C28H27N3O6S/c1-2-36-22-14-16-24(17-15-22)38(34,35)31(21-9-4-3-5-10-21)20-27(32)30-26-13-7-6-12-25(26)28(33)29-19-23-11-8-18-37-23/h3-18H,2,19-20H2,1H3,(H,29,33)(H,30,32). The molecular formula is C28H27N3O6S. The predicted octanol–water partition coefficient (Wildman–Crippen LogP) is 4.44. The van der Waals surface area contributed by atoms with E-state index in [0.717, 1.165) is 4.31 Å². The number of nitrogens with zero attached hydrogens (tertiary/aromatic N) is 1. The molecule has 1 aromatic heterocycles. The van der Waals surface area contributed by atoms with Gasteiger partial charge in [0.15, 0.2) is 0 Å². The van der Waals surface area contributed by atoms with Crippen LogP contribution in [0.3, 0.4) is 0 Å². The maximum absolute atomic E-state index is 13.6. The first-order valence-corrected chi connectivity index (χ1v) is 13.3. The zero-order valence-electron chi connectivity index (χ0n) is 20.7. The second-order valence-corrected chi connectivity index (χ2v) is 9.97. The van der Waals surface area contributed by atoms with Crippen molar-refractivity contribution in [1.29, 1.82) is 0 Å². The van der Waals surface area contributed by atoms with Crippen molar-refractivity contribution in [2.75, 3.05) is 22.8 Å². The fourth-order valence-electron chi connectivity index (χ4n) is 3.70. The van der Waals surface area contributed by atoms with Crippen molar-refractivity contribution in [2.45, 2.75) is 18.4 Å². The van der Waals surface area contributed by atoms with Gasteiger partial charge in [-0.25, -0.2) is 8.42 Å². The van der Waals surface area contributed by atoms with Gasteiger partial charge in [0, 0.05) is 0 Å². The summed E-state index contributed by atoms with van der Waals surface area (Å²) in [5.74, 6) is 0.0872. The topological polar surface area (TPSA) is 118 Å². The number of nitrogens with one attached hydrogen (secondary N) is 2. The van der Waals surface area contributed by atoms with Crippen molar-refractivity contribution >= 4 is 33.2 Å². The van der Waals surface area contributed by atoms with Crippen molar-refractivity contribution in [3.05, 3.63) is 109 Å². The van der Waals surface area contributed by atoms with Gasteiger partial charge in [0.1, 0.15) is 18.1 Å². The molecule has 0 saturated heterocycles. The molecule has 4 aromatic rings. The van der Waals surface area contributed by atoms with Crippen molar-refractivity contribution < 1.29 is 27.2 Å². The van der Waals surface area contributed by atoms with Gasteiger partial charge in [-0.05, 0) is 67.6 Å². The normalized spacial score (nSPS) is 11.0. The molecule has 0 radical (unpaired) electrons. The Bertz CT molecular complexity index is 1470. The van der Waals surface area contributed by atoms with Gasteiger partial charge in [-0.15, -0.1) is 0 Å². The van der Waals surface area contributed by atoms with Gasteiger partial charge in [-0.1, -0.05) is 30.3 Å². The lowest BCUT2D eigenvalue weighted by atomic mass is 10.1. The summed E-state index contributed by atoms with van der Waals surface area (Å²) in [4.78, 5) is 25.9. The molecule has 0 aliphatic carbocycles. The van der Waals surface area contributed by atoms with Crippen LogP contribution in [0.15, 0.2) is 107 Å². The largest absolute Gasteiger partial charge is 0.494 e. The molecule has 38 heavy (non-hydrogen) atoms. The Kier molecular flexibility index (Phi) is 8.44. The van der Waals surface area contributed by atoms with Crippen molar-refractivity contribution in [3.63, 3.8) is 0 Å². The number of anilines is 2. The van der Waals surface area contributed by atoms with Crippen LogP contribution in [0.25, 0.3) is 0 Å². The fraction of sp³-hybridized carbons (Fsp3) is 0.143. The van der Waals surface area contributed by atoms with Gasteiger partial charge >= 0.3 is 0 Å². The molecule has 0 aliphatic rings. The molecule has 0 fully saturated rings. The summed E-state index contributed by atoms with van der Waals surface area (Å²) in [6, 6.07) is 24.3. The molecule has 0 atom stereocenters. The minimum atomic E-state index is -4.11. The van der Waals surface area contributed by atoms with Gasteiger partial charge < -0.3 is 19.8 Å². The van der Waals surface area contributed by atoms with Crippen LogP contribution in [0, 0.1) is 0 Å². The summed E-state index contributed by atoms with van der Waals surface area (Å²) < 4.78 is 38.9. The molecule has 0 saturated carbocycles. The summed E-state index contributed by atoms with van der Waals surface area (Å²) in [7, 11) is -4.11. The first kappa shape index (κ1) is 26.5. The highest BCUT2D eigenvalue weighted by atomic mass is 32.2. The van der Waals surface area contributed by atoms with Crippen LogP contribution in [0.2, 0.25) is 0 Å². The van der Waals surface area contributed by atoms with Crippen LogP contribution >= 0.6 is 0 Å². The van der Waals surface area contributed by atoms with Crippen LogP contribution in [-0.2, 0) is 21.4 Å². The van der Waals surface area contributed by atoms with E-state index in [9.17, 15) is 18.0 Å². The first-order valence-electron chi connectivity index (χ1n) is 11.9. The lowest BCUT2D eigenvalue weighted by molar-refractivity contribution is -0.114. The number of carbonyl (C=O) groups is 2. The van der Waals surface area contributed by atoms with Gasteiger partial charge in [0.25, 0.3) is 15.9 Å². The lowest BCUT2D eigenvalue weighted by Gasteiger charge is -2.24. The minimum Gasteiger partial charge on any atom is -0.494 e. The summed E-state index contributed by atoms with van der Waals surface area (Å²) in [6.07, 6.45) is 1.51.